The van der Waals surface area contributed by atoms with Crippen LogP contribution in [0.3, 0.4) is 0 Å². The van der Waals surface area contributed by atoms with Crippen LogP contribution < -0.4 is 0 Å². The molecule has 0 amide bonds. The molecule has 0 saturated carbocycles. The van der Waals surface area contributed by atoms with E-state index in [2.05, 4.69) is 96.7 Å². The van der Waals surface area contributed by atoms with Gasteiger partial charge < -0.3 is 0 Å². The van der Waals surface area contributed by atoms with Crippen molar-refractivity contribution in [3.8, 4) is 6.07 Å². The predicted molar refractivity (Wildman–Crippen MR) is 137 cm³/mol. The van der Waals surface area contributed by atoms with Gasteiger partial charge in [0.1, 0.15) is 0 Å². The number of benzene rings is 4. The molecule has 0 spiro atoms. The Morgan fingerprint density at radius 3 is 2.03 bits per heavy atom. The molecule has 0 aromatic heterocycles. The van der Waals surface area contributed by atoms with Crippen molar-refractivity contribution in [2.75, 3.05) is 0 Å². The first-order valence-corrected chi connectivity index (χ1v) is 10.7. The lowest BCUT2D eigenvalue weighted by Gasteiger charge is -2.15. The molecule has 32 heavy (non-hydrogen) atoms. The number of hydrogen-bond donors (Lipinski definition) is 0. The molecule has 4 rings (SSSR count). The molecule has 1 nitrogen and oxygen atoms in total. The van der Waals surface area contributed by atoms with Gasteiger partial charge in [0, 0.05) is 5.56 Å². The molecule has 0 atom stereocenters. The van der Waals surface area contributed by atoms with Crippen LogP contribution in [-0.4, -0.2) is 0 Å². The third kappa shape index (κ3) is 5.45. The fourth-order valence-electron chi connectivity index (χ4n) is 3.58. The average Bonchev–Trinajstić information content (AvgIpc) is 2.86. The van der Waals surface area contributed by atoms with Crippen LogP contribution in [0.4, 0.5) is 0 Å². The van der Waals surface area contributed by atoms with Crippen molar-refractivity contribution in [1.82, 2.24) is 0 Å². The van der Waals surface area contributed by atoms with E-state index in [1.165, 1.54) is 22.3 Å². The second-order valence-electron chi connectivity index (χ2n) is 7.47. The number of rotatable bonds is 5. The van der Waals surface area contributed by atoms with Crippen LogP contribution >= 0.6 is 0 Å². The van der Waals surface area contributed by atoms with Gasteiger partial charge in [-0.2, -0.15) is 0 Å². The molecule has 0 aliphatic rings. The van der Waals surface area contributed by atoms with Gasteiger partial charge in [0.05, 0.1) is 0 Å². The van der Waals surface area contributed by atoms with Crippen molar-refractivity contribution in [2.45, 2.75) is 6.92 Å². The monoisotopic (exact) mass is 411 g/mol. The van der Waals surface area contributed by atoms with Crippen LogP contribution in [0.25, 0.3) is 22.1 Å². The van der Waals surface area contributed by atoms with E-state index in [1.54, 1.807) is 0 Å². The van der Waals surface area contributed by atoms with E-state index in [9.17, 15) is 0 Å². The minimum Gasteiger partial charge on any atom is -0.140 e. The van der Waals surface area contributed by atoms with Gasteiger partial charge in [0.25, 0.3) is 0 Å². The first-order chi connectivity index (χ1) is 15.8. The third-order valence-corrected chi connectivity index (χ3v) is 5.27. The lowest BCUT2D eigenvalue weighted by molar-refractivity contribution is 1.44. The molecular weight excluding hydrogens is 386 g/mol. The summed E-state index contributed by atoms with van der Waals surface area (Å²) in [5.74, 6) is 0. The summed E-state index contributed by atoms with van der Waals surface area (Å²) < 4.78 is 0. The summed E-state index contributed by atoms with van der Waals surface area (Å²) >= 11 is 0. The van der Waals surface area contributed by atoms with Crippen molar-refractivity contribution in [3.05, 3.63) is 161 Å². The van der Waals surface area contributed by atoms with E-state index < -0.39 is 0 Å². The van der Waals surface area contributed by atoms with E-state index in [1.807, 2.05) is 55.1 Å². The molecule has 0 bridgehead atoms. The standard InChI is InChI=1S/C31H25N/c1-25(30-20-12-11-19-29(30)24-32-23-27-15-7-3-8-16-27)31(28-17-9-4-10-18-28)22-21-26-13-5-2-6-14-26/h2-22,24H,1H3/b22-21+,31-25+. The Kier molecular flexibility index (Phi) is 6.99. The van der Waals surface area contributed by atoms with Crippen molar-refractivity contribution in [2.24, 2.45) is 0 Å². The first-order valence-electron chi connectivity index (χ1n) is 10.7. The molecule has 0 aliphatic carbocycles. The SMILES string of the molecule is C/C(=C(/C=C/c1ccccc1)c1ccccc1)c1ccccc1[CH-][N+]#Cc1ccccc1. The summed E-state index contributed by atoms with van der Waals surface area (Å²) in [5.41, 5.74) is 7.93. The first kappa shape index (κ1) is 21.0. The molecule has 0 saturated heterocycles. The van der Waals surface area contributed by atoms with Crippen molar-refractivity contribution in [1.29, 1.82) is 0 Å². The van der Waals surface area contributed by atoms with Gasteiger partial charge in [0.2, 0.25) is 12.6 Å². The Bertz CT molecular complexity index is 1270. The minimum absolute atomic E-state index is 0.962. The molecule has 0 radical (unpaired) electrons. The summed E-state index contributed by atoms with van der Waals surface area (Å²) in [6.07, 6.45) is 4.37. The maximum Gasteiger partial charge on any atom is 0.222 e. The molecule has 0 N–H and O–H groups in total. The predicted octanol–water partition coefficient (Wildman–Crippen LogP) is 8.22. The second-order valence-corrected chi connectivity index (χ2v) is 7.47. The average molecular weight is 412 g/mol. The number of allylic oxidation sites excluding steroid dienone is 3. The number of hydrogen-bond acceptors (Lipinski definition) is 0. The Hall–Kier alpha value is -4.28. The topological polar surface area (TPSA) is 4.36 Å². The zero-order valence-corrected chi connectivity index (χ0v) is 18.1. The highest BCUT2D eigenvalue weighted by Crippen LogP contribution is 2.30. The quantitative estimate of drug-likeness (QED) is 0.177. The molecule has 1 heteroatoms. The van der Waals surface area contributed by atoms with Crippen LogP contribution in [0, 0.1) is 12.6 Å². The van der Waals surface area contributed by atoms with Gasteiger partial charge in [0.15, 0.2) is 0 Å². The van der Waals surface area contributed by atoms with E-state index in [0.29, 0.717) is 0 Å². The molecule has 4 aromatic carbocycles. The van der Waals surface area contributed by atoms with E-state index in [0.717, 1.165) is 16.7 Å². The summed E-state index contributed by atoms with van der Waals surface area (Å²) in [4.78, 5) is 4.46. The van der Waals surface area contributed by atoms with Gasteiger partial charge in [-0.05, 0) is 23.6 Å². The summed E-state index contributed by atoms with van der Waals surface area (Å²) in [6.45, 7) is 4.06. The second kappa shape index (κ2) is 10.7. The normalized spacial score (nSPS) is 11.4. The lowest BCUT2D eigenvalue weighted by atomic mass is 9.92. The maximum atomic E-state index is 4.46. The smallest absolute Gasteiger partial charge is 0.140 e. The Morgan fingerprint density at radius 1 is 0.719 bits per heavy atom. The zero-order valence-electron chi connectivity index (χ0n) is 18.1. The van der Waals surface area contributed by atoms with Crippen LogP contribution in [0.1, 0.15) is 34.7 Å². The fraction of sp³-hybridized carbons (Fsp3) is 0.0323. The van der Waals surface area contributed by atoms with Gasteiger partial charge in [-0.15, -0.1) is 17.0 Å². The molecule has 0 unspecified atom stereocenters. The highest BCUT2D eigenvalue weighted by molar-refractivity contribution is 5.97. The van der Waals surface area contributed by atoms with E-state index in [4.69, 9.17) is 0 Å². The van der Waals surface area contributed by atoms with Crippen LogP contribution in [0.2, 0.25) is 0 Å². The zero-order chi connectivity index (χ0) is 22.0. The van der Waals surface area contributed by atoms with Gasteiger partial charge in [-0.25, -0.2) is 0 Å². The molecule has 0 fully saturated rings. The van der Waals surface area contributed by atoms with Crippen molar-refractivity contribution >= 4 is 17.2 Å². The van der Waals surface area contributed by atoms with Gasteiger partial charge >= 0.3 is 0 Å². The Morgan fingerprint density at radius 2 is 1.31 bits per heavy atom. The summed E-state index contributed by atoms with van der Waals surface area (Å²) in [7, 11) is 0. The molecule has 4 aromatic rings. The maximum absolute atomic E-state index is 4.46. The lowest BCUT2D eigenvalue weighted by Crippen LogP contribution is -1.92. The number of nitrogens with zero attached hydrogens (tertiary/aromatic N) is 1. The third-order valence-electron chi connectivity index (χ3n) is 5.27. The highest BCUT2D eigenvalue weighted by Gasteiger charge is 2.07. The molecule has 0 heterocycles. The van der Waals surface area contributed by atoms with Crippen LogP contribution in [0.5, 0.6) is 0 Å². The van der Waals surface area contributed by atoms with Gasteiger partial charge in [-0.3, -0.25) is 0 Å². The van der Waals surface area contributed by atoms with Crippen molar-refractivity contribution < 1.29 is 0 Å². The van der Waals surface area contributed by atoms with Gasteiger partial charge in [-0.1, -0.05) is 132 Å². The molecule has 0 aliphatic heterocycles. The Balaban J connectivity index is 1.73. The Labute approximate surface area is 190 Å². The largest absolute Gasteiger partial charge is 0.222 e. The molecular formula is C31H25N. The van der Waals surface area contributed by atoms with E-state index in [-0.39, 0.29) is 0 Å². The summed E-state index contributed by atoms with van der Waals surface area (Å²) in [5, 5.41) is 0. The molecule has 154 valence electrons. The minimum atomic E-state index is 0.962. The highest BCUT2D eigenvalue weighted by atomic mass is 14.6. The van der Waals surface area contributed by atoms with E-state index >= 15 is 0 Å². The summed E-state index contributed by atoms with van der Waals surface area (Å²) in [6, 6.07) is 42.3. The fourth-order valence-corrected chi connectivity index (χ4v) is 3.58. The van der Waals surface area contributed by atoms with Crippen LogP contribution in [0.15, 0.2) is 121 Å². The van der Waals surface area contributed by atoms with Crippen molar-refractivity contribution in [3.63, 3.8) is 0 Å². The van der Waals surface area contributed by atoms with Crippen LogP contribution in [-0.2, 0) is 0 Å².